The normalized spacial score (nSPS) is 11.1. The van der Waals surface area contributed by atoms with Crippen molar-refractivity contribution >= 4 is 16.7 Å². The van der Waals surface area contributed by atoms with Crippen molar-refractivity contribution in [2.45, 2.75) is 0 Å². The summed E-state index contributed by atoms with van der Waals surface area (Å²) in [6.45, 7) is 0. The molecule has 0 fully saturated rings. The molecule has 0 aliphatic heterocycles. The number of hydrogen-bond acceptors (Lipinski definition) is 2. The van der Waals surface area contributed by atoms with E-state index in [4.69, 9.17) is 5.73 Å². The predicted octanol–water partition coefficient (Wildman–Crippen LogP) is 2.15. The second-order valence-corrected chi connectivity index (χ2v) is 3.85. The molecule has 1 aromatic carbocycles. The zero-order chi connectivity index (χ0) is 11.1. The summed E-state index contributed by atoms with van der Waals surface area (Å²) in [4.78, 5) is 3.35. The molecule has 3 aromatic rings. The van der Waals surface area contributed by atoms with Crippen LogP contribution in [0.2, 0.25) is 0 Å². The quantitative estimate of drug-likeness (QED) is 0.649. The van der Waals surface area contributed by atoms with Crippen LogP contribution in [0.25, 0.3) is 22.3 Å². The molecule has 4 heteroatoms. The van der Waals surface area contributed by atoms with Crippen molar-refractivity contribution in [3.63, 3.8) is 0 Å². The summed E-state index contributed by atoms with van der Waals surface area (Å²) in [5.74, 6) is 0.538. The maximum Gasteiger partial charge on any atom is 0.146 e. The van der Waals surface area contributed by atoms with Gasteiger partial charge >= 0.3 is 0 Å². The van der Waals surface area contributed by atoms with Crippen LogP contribution in [0.5, 0.6) is 0 Å². The van der Waals surface area contributed by atoms with Gasteiger partial charge in [0.1, 0.15) is 5.82 Å². The summed E-state index contributed by atoms with van der Waals surface area (Å²) in [6.07, 6.45) is 0. The van der Waals surface area contributed by atoms with E-state index in [2.05, 4.69) is 28.3 Å². The summed E-state index contributed by atoms with van der Waals surface area (Å²) >= 11 is 0. The molecule has 0 saturated carbocycles. The SMILES string of the molecule is Cn1nc(N)cc1-c1cc2ccccc2[nH]1. The monoisotopic (exact) mass is 212 g/mol. The molecule has 0 bridgehead atoms. The van der Waals surface area contributed by atoms with Crippen LogP contribution < -0.4 is 5.73 Å². The van der Waals surface area contributed by atoms with E-state index in [1.165, 1.54) is 5.39 Å². The lowest BCUT2D eigenvalue weighted by molar-refractivity contribution is 0.778. The number of benzene rings is 1. The van der Waals surface area contributed by atoms with Crippen molar-refractivity contribution in [3.05, 3.63) is 36.4 Å². The second kappa shape index (κ2) is 3.13. The maximum absolute atomic E-state index is 5.67. The molecule has 4 nitrogen and oxygen atoms in total. The van der Waals surface area contributed by atoms with E-state index in [0.29, 0.717) is 5.82 Å². The molecular weight excluding hydrogens is 200 g/mol. The minimum Gasteiger partial charge on any atom is -0.382 e. The summed E-state index contributed by atoms with van der Waals surface area (Å²) in [5, 5.41) is 5.32. The van der Waals surface area contributed by atoms with Gasteiger partial charge in [0.15, 0.2) is 0 Å². The van der Waals surface area contributed by atoms with Gasteiger partial charge in [-0.15, -0.1) is 0 Å². The Labute approximate surface area is 92.7 Å². The molecule has 0 unspecified atom stereocenters. The lowest BCUT2D eigenvalue weighted by atomic mass is 10.2. The number of nitrogens with two attached hydrogens (primary N) is 1. The van der Waals surface area contributed by atoms with Crippen LogP contribution in [0.15, 0.2) is 36.4 Å². The Morgan fingerprint density at radius 3 is 2.75 bits per heavy atom. The summed E-state index contributed by atoms with van der Waals surface area (Å²) in [6, 6.07) is 12.1. The highest BCUT2D eigenvalue weighted by Crippen LogP contribution is 2.24. The Morgan fingerprint density at radius 1 is 1.25 bits per heavy atom. The van der Waals surface area contributed by atoms with Crippen LogP contribution in [0.3, 0.4) is 0 Å². The fourth-order valence-electron chi connectivity index (χ4n) is 1.95. The van der Waals surface area contributed by atoms with Crippen molar-refractivity contribution < 1.29 is 0 Å². The van der Waals surface area contributed by atoms with Crippen molar-refractivity contribution in [1.82, 2.24) is 14.8 Å². The number of rotatable bonds is 1. The number of nitrogens with zero attached hydrogens (tertiary/aromatic N) is 2. The number of aromatic nitrogens is 3. The number of H-pyrrole nitrogens is 1. The average molecular weight is 212 g/mol. The van der Waals surface area contributed by atoms with Gasteiger partial charge in [0.2, 0.25) is 0 Å². The number of anilines is 1. The molecule has 0 aliphatic rings. The third kappa shape index (κ3) is 1.27. The Balaban J connectivity index is 2.22. The zero-order valence-corrected chi connectivity index (χ0v) is 8.94. The third-order valence-electron chi connectivity index (χ3n) is 2.70. The molecule has 80 valence electrons. The van der Waals surface area contributed by atoms with Gasteiger partial charge in [-0.2, -0.15) is 5.10 Å². The number of nitrogens with one attached hydrogen (secondary N) is 1. The fraction of sp³-hybridized carbons (Fsp3) is 0.0833. The number of para-hydroxylation sites is 1. The van der Waals surface area contributed by atoms with Crippen LogP contribution in [0.4, 0.5) is 5.82 Å². The Kier molecular flexibility index (Phi) is 1.77. The standard InChI is InChI=1S/C12H12N4/c1-16-11(7-12(13)15-16)10-6-8-4-2-3-5-9(8)14-10/h2-7,14H,1H3,(H2,13,15). The number of hydrogen-bond donors (Lipinski definition) is 2. The van der Waals surface area contributed by atoms with Crippen LogP contribution >= 0.6 is 0 Å². The number of fused-ring (bicyclic) bond motifs is 1. The van der Waals surface area contributed by atoms with Crippen molar-refractivity contribution in [2.75, 3.05) is 5.73 Å². The Hall–Kier alpha value is -2.23. The van der Waals surface area contributed by atoms with E-state index in [1.807, 2.05) is 25.2 Å². The van der Waals surface area contributed by atoms with Gasteiger partial charge in [-0.05, 0) is 12.1 Å². The van der Waals surface area contributed by atoms with E-state index in [1.54, 1.807) is 4.68 Å². The lowest BCUT2D eigenvalue weighted by Crippen LogP contribution is -1.94. The highest BCUT2D eigenvalue weighted by Gasteiger charge is 2.08. The fourth-order valence-corrected chi connectivity index (χ4v) is 1.95. The van der Waals surface area contributed by atoms with Crippen molar-refractivity contribution in [3.8, 4) is 11.4 Å². The second-order valence-electron chi connectivity index (χ2n) is 3.85. The summed E-state index contributed by atoms with van der Waals surface area (Å²) in [7, 11) is 1.89. The van der Waals surface area contributed by atoms with E-state index in [-0.39, 0.29) is 0 Å². The highest BCUT2D eigenvalue weighted by atomic mass is 15.3. The average Bonchev–Trinajstić information content (AvgIpc) is 2.81. The van der Waals surface area contributed by atoms with Gasteiger partial charge in [-0.3, -0.25) is 4.68 Å². The van der Waals surface area contributed by atoms with Crippen LogP contribution in [-0.2, 0) is 7.05 Å². The molecular formula is C12H12N4. The maximum atomic E-state index is 5.67. The first-order valence-corrected chi connectivity index (χ1v) is 5.12. The minimum atomic E-state index is 0.538. The molecule has 2 heterocycles. The molecule has 0 aliphatic carbocycles. The molecule has 16 heavy (non-hydrogen) atoms. The van der Waals surface area contributed by atoms with Gasteiger partial charge in [-0.1, -0.05) is 18.2 Å². The Bertz CT molecular complexity index is 615. The lowest BCUT2D eigenvalue weighted by Gasteiger charge is -1.96. The van der Waals surface area contributed by atoms with E-state index >= 15 is 0 Å². The third-order valence-corrected chi connectivity index (χ3v) is 2.70. The van der Waals surface area contributed by atoms with Gasteiger partial charge in [0, 0.05) is 24.0 Å². The highest BCUT2D eigenvalue weighted by molar-refractivity contribution is 5.85. The van der Waals surface area contributed by atoms with Gasteiger partial charge in [0.25, 0.3) is 0 Å². The summed E-state index contributed by atoms with van der Waals surface area (Å²) in [5.41, 5.74) is 8.82. The summed E-state index contributed by atoms with van der Waals surface area (Å²) < 4.78 is 1.78. The molecule has 0 spiro atoms. The first-order chi connectivity index (χ1) is 7.74. The molecule has 0 atom stereocenters. The molecule has 3 N–H and O–H groups in total. The molecule has 0 amide bonds. The van der Waals surface area contributed by atoms with Gasteiger partial charge < -0.3 is 10.7 Å². The largest absolute Gasteiger partial charge is 0.382 e. The number of nitrogen functional groups attached to an aromatic ring is 1. The predicted molar refractivity (Wildman–Crippen MR) is 64.9 cm³/mol. The molecule has 3 rings (SSSR count). The Morgan fingerprint density at radius 2 is 2.06 bits per heavy atom. The van der Waals surface area contributed by atoms with Gasteiger partial charge in [-0.25, -0.2) is 0 Å². The number of aromatic amines is 1. The van der Waals surface area contributed by atoms with E-state index in [0.717, 1.165) is 16.9 Å². The first-order valence-electron chi connectivity index (χ1n) is 5.12. The molecule has 0 saturated heterocycles. The van der Waals surface area contributed by atoms with Gasteiger partial charge in [0.05, 0.1) is 11.4 Å². The van der Waals surface area contributed by atoms with Crippen LogP contribution in [0.1, 0.15) is 0 Å². The topological polar surface area (TPSA) is 59.6 Å². The molecule has 2 aromatic heterocycles. The number of aryl methyl sites for hydroxylation is 1. The van der Waals surface area contributed by atoms with Crippen LogP contribution in [0, 0.1) is 0 Å². The minimum absolute atomic E-state index is 0.538. The smallest absolute Gasteiger partial charge is 0.146 e. The van der Waals surface area contributed by atoms with Crippen LogP contribution in [-0.4, -0.2) is 14.8 Å². The zero-order valence-electron chi connectivity index (χ0n) is 8.94. The van der Waals surface area contributed by atoms with Crippen molar-refractivity contribution in [2.24, 2.45) is 7.05 Å². The molecule has 0 radical (unpaired) electrons. The van der Waals surface area contributed by atoms with E-state index in [9.17, 15) is 0 Å². The first kappa shape index (κ1) is 9.03. The van der Waals surface area contributed by atoms with Crippen molar-refractivity contribution in [1.29, 1.82) is 0 Å². The van der Waals surface area contributed by atoms with E-state index < -0.39 is 0 Å².